The van der Waals surface area contributed by atoms with Gasteiger partial charge in [-0.2, -0.15) is 0 Å². The molecule has 4 aromatic rings. The number of hydrogen-bond acceptors (Lipinski definition) is 9. The van der Waals surface area contributed by atoms with E-state index in [-0.39, 0.29) is 37.6 Å². The monoisotopic (exact) mass is 799 g/mol. The fourth-order valence-corrected chi connectivity index (χ4v) is 8.51. The van der Waals surface area contributed by atoms with Crippen molar-refractivity contribution in [2.75, 3.05) is 27.3 Å². The first-order valence-corrected chi connectivity index (χ1v) is 19.4. The summed E-state index contributed by atoms with van der Waals surface area (Å²) in [5.41, 5.74) is 4.91. The van der Waals surface area contributed by atoms with E-state index in [1.807, 2.05) is 72.3 Å². The maximum atomic E-state index is 15.0. The molecule has 2 amide bonds. The first kappa shape index (κ1) is 37.4. The maximum absolute atomic E-state index is 15.0. The molecule has 0 saturated heterocycles. The zero-order valence-electron chi connectivity index (χ0n) is 31.1. The lowest BCUT2D eigenvalue weighted by Crippen LogP contribution is -2.50. The van der Waals surface area contributed by atoms with Gasteiger partial charge in [-0.3, -0.25) is 14.4 Å². The average Bonchev–Trinajstić information content (AvgIpc) is 3.81. The summed E-state index contributed by atoms with van der Waals surface area (Å²) in [6.07, 6.45) is 5.23. The van der Waals surface area contributed by atoms with E-state index in [0.717, 1.165) is 34.0 Å². The number of methoxy groups -OCH3 is 2. The highest BCUT2D eigenvalue weighted by atomic mass is 79.9. The van der Waals surface area contributed by atoms with Gasteiger partial charge < -0.3 is 28.7 Å². The van der Waals surface area contributed by atoms with E-state index in [0.29, 0.717) is 66.4 Å². The molecule has 7 rings (SSSR count). The smallest absolute Gasteiger partial charge is 0.310 e. The third-order valence-corrected chi connectivity index (χ3v) is 11.6. The molecule has 1 aromatic heterocycles. The number of esters is 1. The van der Waals surface area contributed by atoms with Gasteiger partial charge in [-0.05, 0) is 74.6 Å². The number of amides is 2. The van der Waals surface area contributed by atoms with E-state index in [4.69, 9.17) is 18.9 Å². The third kappa shape index (κ3) is 7.55. The van der Waals surface area contributed by atoms with E-state index in [1.54, 1.807) is 31.0 Å². The number of benzene rings is 3. The van der Waals surface area contributed by atoms with Crippen LogP contribution >= 0.6 is 15.9 Å². The van der Waals surface area contributed by atoms with Crippen LogP contribution in [0.1, 0.15) is 89.9 Å². The summed E-state index contributed by atoms with van der Waals surface area (Å²) in [6, 6.07) is 16.5. The van der Waals surface area contributed by atoms with Crippen LogP contribution in [0.5, 0.6) is 17.2 Å². The largest absolute Gasteiger partial charge is 0.497 e. The van der Waals surface area contributed by atoms with Gasteiger partial charge in [0, 0.05) is 52.9 Å². The van der Waals surface area contributed by atoms with Crippen molar-refractivity contribution in [2.45, 2.75) is 77.8 Å². The molecule has 0 spiro atoms. The minimum Gasteiger partial charge on any atom is -0.497 e. The molecule has 0 N–H and O–H groups in total. The second kappa shape index (κ2) is 16.2. The lowest BCUT2D eigenvalue weighted by atomic mass is 9.77. The SMILES string of the molecule is COc1ccc(COC(=O)[C@H]2CCCC[C@H]2C(=O)N2CCc3c(Br)ccc(OCc4cn(C(C)C)nn4)c3[C@H]2CN2Cc3ccccc3C2=O)c(OC)c1. The zero-order chi connectivity index (χ0) is 37.9. The lowest BCUT2D eigenvalue weighted by Gasteiger charge is -2.43. The quantitative estimate of drug-likeness (QED) is 0.142. The van der Waals surface area contributed by atoms with Crippen LogP contribution in [-0.2, 0) is 40.5 Å². The highest BCUT2D eigenvalue weighted by molar-refractivity contribution is 9.10. The molecule has 3 aromatic carbocycles. The van der Waals surface area contributed by atoms with E-state index in [2.05, 4.69) is 26.2 Å². The van der Waals surface area contributed by atoms with Gasteiger partial charge in [0.05, 0.1) is 38.3 Å². The number of hydrogen-bond donors (Lipinski definition) is 0. The van der Waals surface area contributed by atoms with Crippen molar-refractivity contribution in [3.8, 4) is 17.2 Å². The van der Waals surface area contributed by atoms with Crippen molar-refractivity contribution in [1.29, 1.82) is 0 Å². The lowest BCUT2D eigenvalue weighted by molar-refractivity contribution is -0.159. The standard InChI is InChI=1S/C41H46BrN5O7/c1-25(2)47-21-28(43-44-47)24-53-36-16-15-34(42)33-17-18-46(35(38(33)36)22-45-20-26-9-5-6-10-30(26)39(45)48)40(49)31-11-7-8-12-32(31)41(50)54-23-27-13-14-29(51-3)19-37(27)52-4/h5-6,9-10,13-16,19,21,25,31-32,35H,7-8,11-12,17-18,20,22-24H2,1-4H3/t31-,32+,35-/m1/s1. The first-order valence-electron chi connectivity index (χ1n) is 18.6. The Balaban J connectivity index is 1.18. The Labute approximate surface area is 323 Å². The van der Waals surface area contributed by atoms with Crippen LogP contribution in [0.15, 0.2) is 65.3 Å². The van der Waals surface area contributed by atoms with Gasteiger partial charge in [-0.1, -0.05) is 52.2 Å². The predicted octanol–water partition coefficient (Wildman–Crippen LogP) is 6.85. The van der Waals surface area contributed by atoms with Crippen LogP contribution in [0, 0.1) is 11.8 Å². The topological polar surface area (TPSA) is 125 Å². The van der Waals surface area contributed by atoms with Crippen LogP contribution in [0.4, 0.5) is 0 Å². The van der Waals surface area contributed by atoms with E-state index in [1.165, 1.54) is 0 Å². The van der Waals surface area contributed by atoms with Gasteiger partial charge in [0.25, 0.3) is 5.91 Å². The van der Waals surface area contributed by atoms with Gasteiger partial charge in [-0.25, -0.2) is 4.68 Å². The van der Waals surface area contributed by atoms with Crippen LogP contribution in [0.3, 0.4) is 0 Å². The average molecular weight is 801 g/mol. The molecular weight excluding hydrogens is 754 g/mol. The summed E-state index contributed by atoms with van der Waals surface area (Å²) in [6.45, 7) is 5.41. The van der Waals surface area contributed by atoms with Crippen molar-refractivity contribution in [3.05, 3.63) is 98.8 Å². The Hall–Kier alpha value is -4.91. The van der Waals surface area contributed by atoms with Crippen LogP contribution in [0.25, 0.3) is 0 Å². The molecule has 0 bridgehead atoms. The fourth-order valence-electron chi connectivity index (χ4n) is 7.96. The molecule has 2 aliphatic heterocycles. The number of carbonyl (C=O) groups is 3. The van der Waals surface area contributed by atoms with E-state index >= 15 is 0 Å². The summed E-state index contributed by atoms with van der Waals surface area (Å²) in [7, 11) is 3.14. The minimum absolute atomic E-state index is 0.0143. The normalized spacial score (nSPS) is 19.4. The van der Waals surface area contributed by atoms with Crippen molar-refractivity contribution in [2.24, 2.45) is 11.8 Å². The molecule has 0 unspecified atom stereocenters. The van der Waals surface area contributed by atoms with E-state index < -0.39 is 23.8 Å². The van der Waals surface area contributed by atoms with Gasteiger partial charge >= 0.3 is 5.97 Å². The van der Waals surface area contributed by atoms with Gasteiger partial charge in [-0.15, -0.1) is 5.10 Å². The molecule has 284 valence electrons. The number of carbonyl (C=O) groups excluding carboxylic acids is 3. The Bertz CT molecular complexity index is 2030. The number of halogens is 1. The van der Waals surface area contributed by atoms with Crippen molar-refractivity contribution in [1.82, 2.24) is 24.8 Å². The summed E-state index contributed by atoms with van der Waals surface area (Å²) < 4.78 is 25.9. The molecule has 3 aliphatic rings. The predicted molar refractivity (Wildman–Crippen MR) is 203 cm³/mol. The Morgan fingerprint density at radius 1 is 0.963 bits per heavy atom. The number of aromatic nitrogens is 3. The second-order valence-corrected chi connectivity index (χ2v) is 15.3. The molecule has 3 heterocycles. The Morgan fingerprint density at radius 2 is 1.76 bits per heavy atom. The van der Waals surface area contributed by atoms with Crippen molar-refractivity contribution < 1.29 is 33.3 Å². The van der Waals surface area contributed by atoms with Crippen LogP contribution in [-0.4, -0.2) is 69.9 Å². The summed E-state index contributed by atoms with van der Waals surface area (Å²) in [5.74, 6) is 0.0692. The molecule has 1 fully saturated rings. The third-order valence-electron chi connectivity index (χ3n) is 10.9. The summed E-state index contributed by atoms with van der Waals surface area (Å²) >= 11 is 3.78. The number of fused-ring (bicyclic) bond motifs is 2. The van der Waals surface area contributed by atoms with Crippen molar-refractivity contribution >= 4 is 33.7 Å². The maximum Gasteiger partial charge on any atom is 0.310 e. The van der Waals surface area contributed by atoms with Gasteiger partial charge in [0.2, 0.25) is 5.91 Å². The number of ether oxygens (including phenoxy) is 4. The van der Waals surface area contributed by atoms with Gasteiger partial charge in [0.1, 0.15) is 36.2 Å². The Morgan fingerprint density at radius 3 is 2.50 bits per heavy atom. The Kier molecular flexibility index (Phi) is 11.2. The van der Waals surface area contributed by atoms with Crippen LogP contribution in [0.2, 0.25) is 0 Å². The molecule has 1 saturated carbocycles. The highest BCUT2D eigenvalue weighted by Crippen LogP contribution is 2.44. The second-order valence-electron chi connectivity index (χ2n) is 14.4. The molecule has 3 atom stereocenters. The molecule has 0 radical (unpaired) electrons. The van der Waals surface area contributed by atoms with Crippen molar-refractivity contribution in [3.63, 3.8) is 0 Å². The molecular formula is C41H46BrN5O7. The molecule has 12 nitrogen and oxygen atoms in total. The summed E-state index contributed by atoms with van der Waals surface area (Å²) in [5, 5.41) is 8.53. The zero-order valence-corrected chi connectivity index (χ0v) is 32.7. The summed E-state index contributed by atoms with van der Waals surface area (Å²) in [4.78, 5) is 46.3. The molecule has 54 heavy (non-hydrogen) atoms. The van der Waals surface area contributed by atoms with Gasteiger partial charge in [0.15, 0.2) is 0 Å². The number of nitrogens with zero attached hydrogens (tertiary/aromatic N) is 5. The molecule has 1 aliphatic carbocycles. The van der Waals surface area contributed by atoms with E-state index in [9.17, 15) is 14.4 Å². The minimum atomic E-state index is -0.600. The fraction of sp³-hybridized carbons (Fsp3) is 0.439. The number of rotatable bonds is 12. The van der Waals surface area contributed by atoms with Crippen LogP contribution < -0.4 is 14.2 Å². The molecule has 13 heteroatoms. The first-order chi connectivity index (χ1) is 26.2. The highest BCUT2D eigenvalue weighted by Gasteiger charge is 2.44.